The van der Waals surface area contributed by atoms with Crippen LogP contribution in [0.5, 0.6) is 17.2 Å². The molecule has 0 aliphatic carbocycles. The smallest absolute Gasteiger partial charge is 0.138 e. The summed E-state index contributed by atoms with van der Waals surface area (Å²) >= 11 is 0. The lowest BCUT2D eigenvalue weighted by atomic mass is 10.1. The molecule has 0 aliphatic rings. The van der Waals surface area contributed by atoms with Crippen LogP contribution in [-0.4, -0.2) is 33.0 Å². The first-order chi connectivity index (χ1) is 9.73. The summed E-state index contributed by atoms with van der Waals surface area (Å²) in [7, 11) is 4.75. The van der Waals surface area contributed by atoms with E-state index in [1.807, 2.05) is 6.07 Å². The van der Waals surface area contributed by atoms with Crippen LogP contribution in [0.25, 0.3) is 11.3 Å². The Labute approximate surface area is 117 Å². The fraction of sp³-hybridized carbons (Fsp3) is 0.357. The zero-order valence-corrected chi connectivity index (χ0v) is 11.8. The highest BCUT2D eigenvalue weighted by Gasteiger charge is 2.18. The monoisotopic (exact) mass is 278 g/mol. The fourth-order valence-corrected chi connectivity index (χ4v) is 1.95. The summed E-state index contributed by atoms with van der Waals surface area (Å²) in [5.74, 6) is 2.58. The van der Waals surface area contributed by atoms with Crippen molar-refractivity contribution in [2.75, 3.05) is 27.9 Å². The van der Waals surface area contributed by atoms with Crippen molar-refractivity contribution in [3.05, 3.63) is 24.0 Å². The molecule has 2 aromatic rings. The maximum Gasteiger partial charge on any atom is 0.138 e. The number of aromatic nitrogens is 1. The van der Waals surface area contributed by atoms with Crippen LogP contribution in [0.4, 0.5) is 0 Å². The fourth-order valence-electron chi connectivity index (χ4n) is 1.95. The topological polar surface area (TPSA) is 79.7 Å². The summed E-state index contributed by atoms with van der Waals surface area (Å²) in [5, 5.41) is 4.05. The molecule has 0 saturated heterocycles. The SMILES string of the molecule is COc1cc(OC)c(-c2cc(CCN)on2)c(OC)c1. The van der Waals surface area contributed by atoms with Gasteiger partial charge < -0.3 is 24.5 Å². The van der Waals surface area contributed by atoms with E-state index in [-0.39, 0.29) is 0 Å². The van der Waals surface area contributed by atoms with E-state index in [4.69, 9.17) is 24.5 Å². The molecular formula is C14H18N2O4. The van der Waals surface area contributed by atoms with Gasteiger partial charge in [0.05, 0.1) is 26.9 Å². The van der Waals surface area contributed by atoms with Gasteiger partial charge >= 0.3 is 0 Å². The number of hydrogen-bond donors (Lipinski definition) is 1. The minimum Gasteiger partial charge on any atom is -0.496 e. The molecule has 1 aromatic carbocycles. The first kappa shape index (κ1) is 14.2. The standard InChI is InChI=1S/C14H18N2O4/c1-17-10-7-12(18-2)14(13(8-10)19-3)11-6-9(4-5-15)20-16-11/h6-8H,4-5,15H2,1-3H3. The molecule has 20 heavy (non-hydrogen) atoms. The Morgan fingerprint density at radius 2 is 1.70 bits per heavy atom. The van der Waals surface area contributed by atoms with Gasteiger partial charge in [0.15, 0.2) is 0 Å². The van der Waals surface area contributed by atoms with Crippen molar-refractivity contribution >= 4 is 0 Å². The second kappa shape index (κ2) is 6.29. The lowest BCUT2D eigenvalue weighted by Gasteiger charge is -2.13. The van der Waals surface area contributed by atoms with Gasteiger partial charge in [0.2, 0.25) is 0 Å². The lowest BCUT2D eigenvalue weighted by molar-refractivity contribution is 0.373. The number of benzene rings is 1. The molecule has 0 atom stereocenters. The second-order valence-corrected chi connectivity index (χ2v) is 4.12. The Morgan fingerprint density at radius 1 is 1.05 bits per heavy atom. The molecule has 2 rings (SSSR count). The van der Waals surface area contributed by atoms with Crippen molar-refractivity contribution in [3.8, 4) is 28.5 Å². The van der Waals surface area contributed by atoms with Crippen LogP contribution in [0, 0.1) is 0 Å². The van der Waals surface area contributed by atoms with Crippen molar-refractivity contribution in [1.82, 2.24) is 5.16 Å². The molecule has 1 aromatic heterocycles. The number of rotatable bonds is 6. The second-order valence-electron chi connectivity index (χ2n) is 4.12. The number of hydrogen-bond acceptors (Lipinski definition) is 6. The van der Waals surface area contributed by atoms with E-state index in [1.54, 1.807) is 33.5 Å². The first-order valence-electron chi connectivity index (χ1n) is 6.19. The van der Waals surface area contributed by atoms with E-state index in [9.17, 15) is 0 Å². The molecular weight excluding hydrogens is 260 g/mol. The molecule has 0 radical (unpaired) electrons. The van der Waals surface area contributed by atoms with Gasteiger partial charge in [-0.1, -0.05) is 5.16 Å². The number of nitrogens with zero attached hydrogens (tertiary/aromatic N) is 1. The van der Waals surface area contributed by atoms with Crippen molar-refractivity contribution in [2.24, 2.45) is 5.73 Å². The van der Waals surface area contributed by atoms with Crippen molar-refractivity contribution in [1.29, 1.82) is 0 Å². The third kappa shape index (κ3) is 2.70. The summed E-state index contributed by atoms with van der Waals surface area (Å²) in [6, 6.07) is 5.38. The van der Waals surface area contributed by atoms with Gasteiger partial charge in [-0.15, -0.1) is 0 Å². The highest BCUT2D eigenvalue weighted by molar-refractivity contribution is 5.75. The minimum absolute atomic E-state index is 0.505. The zero-order valence-electron chi connectivity index (χ0n) is 11.8. The lowest BCUT2D eigenvalue weighted by Crippen LogP contribution is -2.01. The van der Waals surface area contributed by atoms with Crippen molar-refractivity contribution < 1.29 is 18.7 Å². The van der Waals surface area contributed by atoms with Crippen LogP contribution in [0.2, 0.25) is 0 Å². The molecule has 108 valence electrons. The number of ether oxygens (including phenoxy) is 3. The summed E-state index contributed by atoms with van der Waals surface area (Å²) in [5.41, 5.74) is 6.87. The van der Waals surface area contributed by atoms with Crippen LogP contribution >= 0.6 is 0 Å². The molecule has 0 bridgehead atoms. The van der Waals surface area contributed by atoms with Gasteiger partial charge in [-0.3, -0.25) is 0 Å². The summed E-state index contributed by atoms with van der Waals surface area (Å²) < 4.78 is 21.2. The third-order valence-electron chi connectivity index (χ3n) is 2.92. The van der Waals surface area contributed by atoms with Crippen LogP contribution in [0.1, 0.15) is 5.76 Å². The Bertz CT molecular complexity index is 555. The van der Waals surface area contributed by atoms with E-state index < -0.39 is 0 Å². The van der Waals surface area contributed by atoms with Crippen molar-refractivity contribution in [2.45, 2.75) is 6.42 Å². The van der Waals surface area contributed by atoms with E-state index in [1.165, 1.54) is 0 Å². The normalized spacial score (nSPS) is 10.4. The van der Waals surface area contributed by atoms with Gasteiger partial charge in [0.25, 0.3) is 0 Å². The first-order valence-corrected chi connectivity index (χ1v) is 6.19. The quantitative estimate of drug-likeness (QED) is 0.869. The largest absolute Gasteiger partial charge is 0.496 e. The van der Waals surface area contributed by atoms with Gasteiger partial charge in [0, 0.05) is 24.6 Å². The van der Waals surface area contributed by atoms with Gasteiger partial charge in [-0.25, -0.2) is 0 Å². The molecule has 6 heteroatoms. The van der Waals surface area contributed by atoms with Crippen LogP contribution in [0.15, 0.2) is 22.7 Å². The Balaban J connectivity index is 2.52. The molecule has 0 spiro atoms. The summed E-state index contributed by atoms with van der Waals surface area (Å²) in [4.78, 5) is 0. The predicted molar refractivity (Wildman–Crippen MR) is 74.4 cm³/mol. The van der Waals surface area contributed by atoms with Crippen LogP contribution in [0.3, 0.4) is 0 Å². The van der Waals surface area contributed by atoms with Gasteiger partial charge in [-0.05, 0) is 6.54 Å². The Morgan fingerprint density at radius 3 is 2.20 bits per heavy atom. The molecule has 0 unspecified atom stereocenters. The summed E-state index contributed by atoms with van der Waals surface area (Å²) in [6.07, 6.45) is 0.633. The number of methoxy groups -OCH3 is 3. The van der Waals surface area contributed by atoms with Crippen molar-refractivity contribution in [3.63, 3.8) is 0 Å². The molecule has 2 N–H and O–H groups in total. The Hall–Kier alpha value is -2.21. The zero-order chi connectivity index (χ0) is 14.5. The Kier molecular flexibility index (Phi) is 4.47. The van der Waals surface area contributed by atoms with E-state index in [2.05, 4.69) is 5.16 Å². The van der Waals surface area contributed by atoms with E-state index >= 15 is 0 Å². The maximum atomic E-state index is 5.50. The molecule has 0 fully saturated rings. The number of nitrogens with two attached hydrogens (primary N) is 1. The predicted octanol–water partition coefficient (Wildman–Crippen LogP) is 1.87. The van der Waals surface area contributed by atoms with Crippen LogP contribution < -0.4 is 19.9 Å². The average Bonchev–Trinajstić information content (AvgIpc) is 2.94. The van der Waals surface area contributed by atoms with Crippen LogP contribution in [-0.2, 0) is 6.42 Å². The third-order valence-corrected chi connectivity index (χ3v) is 2.92. The summed E-state index contributed by atoms with van der Waals surface area (Å²) in [6.45, 7) is 0.505. The molecule has 1 heterocycles. The molecule has 0 aliphatic heterocycles. The minimum atomic E-state index is 0.505. The van der Waals surface area contributed by atoms with Gasteiger partial charge in [0.1, 0.15) is 28.7 Å². The van der Waals surface area contributed by atoms with E-state index in [0.29, 0.717) is 35.9 Å². The maximum absolute atomic E-state index is 5.50. The molecule has 6 nitrogen and oxygen atoms in total. The van der Waals surface area contributed by atoms with E-state index in [0.717, 1.165) is 11.3 Å². The highest BCUT2D eigenvalue weighted by Crippen LogP contribution is 2.41. The molecule has 0 amide bonds. The van der Waals surface area contributed by atoms with Gasteiger partial charge in [-0.2, -0.15) is 0 Å². The highest BCUT2D eigenvalue weighted by atomic mass is 16.5. The molecule has 0 saturated carbocycles. The average molecular weight is 278 g/mol.